The van der Waals surface area contributed by atoms with Crippen molar-refractivity contribution in [2.75, 3.05) is 11.4 Å². The molecule has 1 fully saturated rings. The number of hydrogen-bond donors (Lipinski definition) is 0. The fraction of sp³-hybridized carbons (Fsp3) is 0.385. The van der Waals surface area contributed by atoms with Crippen LogP contribution in [-0.4, -0.2) is 23.9 Å². The number of aryl methyl sites for hydroxylation is 1. The maximum atomic E-state index is 12.4. The van der Waals surface area contributed by atoms with Crippen molar-refractivity contribution in [3.05, 3.63) is 29.8 Å². The van der Waals surface area contributed by atoms with Gasteiger partial charge in [0, 0.05) is 6.42 Å². The molecule has 2 amide bonds. The molecule has 5 heteroatoms. The van der Waals surface area contributed by atoms with Gasteiger partial charge in [-0.25, -0.2) is 4.90 Å². The molecule has 1 spiro atoms. The van der Waals surface area contributed by atoms with Crippen molar-refractivity contribution in [1.29, 1.82) is 0 Å². The van der Waals surface area contributed by atoms with Gasteiger partial charge in [0.05, 0.1) is 18.7 Å². The van der Waals surface area contributed by atoms with Crippen LogP contribution in [0.1, 0.15) is 18.4 Å². The molecule has 1 atom stereocenters. The zero-order valence-electron chi connectivity index (χ0n) is 10.1. The normalized spacial score (nSPS) is 26.6. The molecule has 0 bridgehead atoms. The maximum Gasteiger partial charge on any atom is 0.264 e. The van der Waals surface area contributed by atoms with Gasteiger partial charge in [0.15, 0.2) is 5.54 Å². The van der Waals surface area contributed by atoms with Crippen LogP contribution in [0.25, 0.3) is 0 Å². The average molecular weight is 243 g/mol. The molecular formula is C13H13N3O2. The van der Waals surface area contributed by atoms with Crippen LogP contribution in [0.4, 0.5) is 5.69 Å². The van der Waals surface area contributed by atoms with Gasteiger partial charge in [0.1, 0.15) is 0 Å². The van der Waals surface area contributed by atoms with Crippen LogP contribution in [0, 0.1) is 6.92 Å². The number of rotatable bonds is 1. The van der Waals surface area contributed by atoms with E-state index in [4.69, 9.17) is 0 Å². The highest BCUT2D eigenvalue weighted by molar-refractivity contribution is 6.24. The first-order valence-corrected chi connectivity index (χ1v) is 5.95. The number of nitrogens with zero attached hydrogens (tertiary/aromatic N) is 3. The van der Waals surface area contributed by atoms with E-state index in [2.05, 4.69) is 10.2 Å². The van der Waals surface area contributed by atoms with Gasteiger partial charge < -0.3 is 0 Å². The number of anilines is 1. The number of amides is 2. The van der Waals surface area contributed by atoms with E-state index in [0.29, 0.717) is 18.7 Å². The van der Waals surface area contributed by atoms with E-state index in [1.807, 2.05) is 25.1 Å². The van der Waals surface area contributed by atoms with Crippen molar-refractivity contribution < 1.29 is 9.59 Å². The summed E-state index contributed by atoms with van der Waals surface area (Å²) in [5, 5.41) is 7.88. The summed E-state index contributed by atoms with van der Waals surface area (Å²) >= 11 is 0. The molecule has 0 radical (unpaired) electrons. The van der Waals surface area contributed by atoms with E-state index < -0.39 is 5.54 Å². The predicted octanol–water partition coefficient (Wildman–Crippen LogP) is 1.85. The summed E-state index contributed by atoms with van der Waals surface area (Å²) in [5.41, 5.74) is 0.729. The van der Waals surface area contributed by atoms with E-state index in [9.17, 15) is 9.59 Å². The van der Waals surface area contributed by atoms with E-state index in [0.717, 1.165) is 5.56 Å². The summed E-state index contributed by atoms with van der Waals surface area (Å²) in [6.07, 6.45) is 0.684. The monoisotopic (exact) mass is 243 g/mol. The molecule has 1 saturated heterocycles. The van der Waals surface area contributed by atoms with Gasteiger partial charge in [-0.15, -0.1) is 0 Å². The minimum absolute atomic E-state index is 0.142. The van der Waals surface area contributed by atoms with Crippen molar-refractivity contribution in [1.82, 2.24) is 0 Å². The molecule has 1 aromatic carbocycles. The van der Waals surface area contributed by atoms with Gasteiger partial charge in [-0.2, -0.15) is 10.2 Å². The second-order valence-corrected chi connectivity index (χ2v) is 4.80. The molecule has 92 valence electrons. The number of benzene rings is 1. The van der Waals surface area contributed by atoms with Crippen molar-refractivity contribution in [3.8, 4) is 0 Å². The van der Waals surface area contributed by atoms with Crippen LogP contribution in [0.2, 0.25) is 0 Å². The minimum atomic E-state index is -0.916. The second-order valence-electron chi connectivity index (χ2n) is 4.80. The highest BCUT2D eigenvalue weighted by Crippen LogP contribution is 2.37. The van der Waals surface area contributed by atoms with E-state index in [1.54, 1.807) is 6.07 Å². The summed E-state index contributed by atoms with van der Waals surface area (Å²) in [7, 11) is 0. The van der Waals surface area contributed by atoms with Gasteiger partial charge in [-0.3, -0.25) is 9.59 Å². The molecule has 2 aliphatic rings. The zero-order chi connectivity index (χ0) is 12.8. The smallest absolute Gasteiger partial charge is 0.264 e. The highest BCUT2D eigenvalue weighted by atomic mass is 16.2. The van der Waals surface area contributed by atoms with Gasteiger partial charge in [0.2, 0.25) is 5.91 Å². The summed E-state index contributed by atoms with van der Waals surface area (Å²) in [4.78, 5) is 25.7. The topological polar surface area (TPSA) is 62.1 Å². The summed E-state index contributed by atoms with van der Waals surface area (Å²) in [5.74, 6) is -0.425. The molecule has 1 aromatic rings. The average Bonchev–Trinajstić information content (AvgIpc) is 2.87. The van der Waals surface area contributed by atoms with E-state index >= 15 is 0 Å². The Balaban J connectivity index is 2.01. The summed E-state index contributed by atoms with van der Waals surface area (Å²) < 4.78 is 0. The van der Waals surface area contributed by atoms with E-state index in [-0.39, 0.29) is 18.2 Å². The molecule has 0 aromatic heterocycles. The summed E-state index contributed by atoms with van der Waals surface area (Å²) in [6.45, 7) is 2.46. The quantitative estimate of drug-likeness (QED) is 0.707. The Bertz CT molecular complexity index is 567. The Morgan fingerprint density at radius 1 is 1.33 bits per heavy atom. The lowest BCUT2D eigenvalue weighted by atomic mass is 9.96. The van der Waals surface area contributed by atoms with Crippen molar-refractivity contribution >= 4 is 17.5 Å². The standard InChI is InChI=1S/C13H13N3O2/c1-9-3-2-4-10(7-9)16-11(17)8-13(12(16)18)5-6-14-15-13/h2-4,7H,5-6,8H2,1H3/t13-/m0/s1. The number of carbonyl (C=O) groups excluding carboxylic acids is 2. The molecule has 0 saturated carbocycles. The lowest BCUT2D eigenvalue weighted by Gasteiger charge is -2.17. The molecule has 5 nitrogen and oxygen atoms in total. The lowest BCUT2D eigenvalue weighted by molar-refractivity contribution is -0.122. The third-order valence-corrected chi connectivity index (χ3v) is 3.44. The minimum Gasteiger partial charge on any atom is -0.274 e. The number of carbonyl (C=O) groups is 2. The van der Waals surface area contributed by atoms with Crippen LogP contribution in [0.15, 0.2) is 34.5 Å². The third-order valence-electron chi connectivity index (χ3n) is 3.44. The summed E-state index contributed by atoms with van der Waals surface area (Å²) in [6, 6.07) is 7.38. The largest absolute Gasteiger partial charge is 0.274 e. The predicted molar refractivity (Wildman–Crippen MR) is 65.4 cm³/mol. The van der Waals surface area contributed by atoms with Crippen LogP contribution >= 0.6 is 0 Å². The van der Waals surface area contributed by atoms with Gasteiger partial charge >= 0.3 is 0 Å². The number of imide groups is 1. The first-order chi connectivity index (χ1) is 8.62. The first-order valence-electron chi connectivity index (χ1n) is 5.95. The Morgan fingerprint density at radius 2 is 2.17 bits per heavy atom. The van der Waals surface area contributed by atoms with E-state index in [1.165, 1.54) is 4.90 Å². The molecule has 2 heterocycles. The number of azo groups is 1. The number of hydrogen-bond acceptors (Lipinski definition) is 4. The molecule has 0 aliphatic carbocycles. The van der Waals surface area contributed by atoms with Crippen molar-refractivity contribution in [3.63, 3.8) is 0 Å². The Kier molecular flexibility index (Phi) is 2.29. The van der Waals surface area contributed by atoms with Crippen LogP contribution in [0.3, 0.4) is 0 Å². The SMILES string of the molecule is Cc1cccc(N2C(=O)C[C@@]3(CCN=N3)C2=O)c1. The second kappa shape index (κ2) is 3.73. The zero-order valence-corrected chi connectivity index (χ0v) is 10.1. The maximum absolute atomic E-state index is 12.4. The Hall–Kier alpha value is -2.04. The fourth-order valence-electron chi connectivity index (χ4n) is 2.50. The first kappa shape index (κ1) is 11.1. The molecular weight excluding hydrogens is 230 g/mol. The molecule has 18 heavy (non-hydrogen) atoms. The Morgan fingerprint density at radius 3 is 2.83 bits per heavy atom. The molecule has 0 N–H and O–H groups in total. The molecule has 0 unspecified atom stereocenters. The van der Waals surface area contributed by atoms with Crippen LogP contribution < -0.4 is 4.90 Å². The third kappa shape index (κ3) is 1.47. The molecule has 2 aliphatic heterocycles. The lowest BCUT2D eigenvalue weighted by Crippen LogP contribution is -2.38. The van der Waals surface area contributed by atoms with Crippen molar-refractivity contribution in [2.45, 2.75) is 25.3 Å². The fourth-order valence-corrected chi connectivity index (χ4v) is 2.50. The Labute approximate surface area is 105 Å². The van der Waals surface area contributed by atoms with Crippen molar-refractivity contribution in [2.24, 2.45) is 10.2 Å². The van der Waals surface area contributed by atoms with Gasteiger partial charge in [-0.1, -0.05) is 12.1 Å². The van der Waals surface area contributed by atoms with Crippen LogP contribution in [0.5, 0.6) is 0 Å². The molecule has 3 rings (SSSR count). The van der Waals surface area contributed by atoms with Crippen LogP contribution in [-0.2, 0) is 9.59 Å². The van der Waals surface area contributed by atoms with Gasteiger partial charge in [-0.05, 0) is 24.6 Å². The highest BCUT2D eigenvalue weighted by Gasteiger charge is 2.54. The van der Waals surface area contributed by atoms with Gasteiger partial charge in [0.25, 0.3) is 5.91 Å².